The van der Waals surface area contributed by atoms with Crippen LogP contribution in [0.25, 0.3) is 0 Å². The first-order chi connectivity index (χ1) is 13.0. The number of amides is 1. The van der Waals surface area contributed by atoms with Gasteiger partial charge in [-0.15, -0.1) is 11.8 Å². The second kappa shape index (κ2) is 8.91. The Morgan fingerprint density at radius 3 is 2.41 bits per heavy atom. The molecule has 0 aliphatic carbocycles. The molecule has 1 fully saturated rings. The van der Waals surface area contributed by atoms with E-state index in [1.165, 1.54) is 6.07 Å². The summed E-state index contributed by atoms with van der Waals surface area (Å²) < 4.78 is 27.5. The third kappa shape index (κ3) is 4.72. The SMILES string of the molecule is CSc1ccccc1NC(=O)c1cccc(S(=O)(=O)N2CCCCCC2)c1. The van der Waals surface area contributed by atoms with Crippen LogP contribution in [0.5, 0.6) is 0 Å². The lowest BCUT2D eigenvalue weighted by Gasteiger charge is -2.20. The predicted octanol–water partition coefficient (Wildman–Crippen LogP) is 4.23. The lowest BCUT2D eigenvalue weighted by molar-refractivity contribution is 0.102. The van der Waals surface area contributed by atoms with Gasteiger partial charge in [-0.05, 0) is 49.4 Å². The highest BCUT2D eigenvalue weighted by molar-refractivity contribution is 7.98. The van der Waals surface area contributed by atoms with Gasteiger partial charge >= 0.3 is 0 Å². The molecule has 1 aliphatic heterocycles. The topological polar surface area (TPSA) is 66.5 Å². The van der Waals surface area contributed by atoms with E-state index < -0.39 is 10.0 Å². The highest BCUT2D eigenvalue weighted by Gasteiger charge is 2.25. The van der Waals surface area contributed by atoms with Crippen molar-refractivity contribution in [2.45, 2.75) is 35.5 Å². The third-order valence-electron chi connectivity index (χ3n) is 4.65. The molecule has 7 heteroatoms. The molecule has 2 aromatic rings. The van der Waals surface area contributed by atoms with Crippen molar-refractivity contribution in [1.29, 1.82) is 0 Å². The number of sulfonamides is 1. The number of nitrogens with zero attached hydrogens (tertiary/aromatic N) is 1. The van der Waals surface area contributed by atoms with E-state index in [0.29, 0.717) is 18.7 Å². The minimum atomic E-state index is -3.58. The van der Waals surface area contributed by atoms with Gasteiger partial charge in [0.25, 0.3) is 5.91 Å². The summed E-state index contributed by atoms with van der Waals surface area (Å²) in [5.74, 6) is -0.315. The van der Waals surface area contributed by atoms with Crippen LogP contribution in [0, 0.1) is 0 Å². The maximum absolute atomic E-state index is 13.0. The van der Waals surface area contributed by atoms with E-state index in [2.05, 4.69) is 5.32 Å². The number of benzene rings is 2. The van der Waals surface area contributed by atoms with E-state index >= 15 is 0 Å². The number of nitrogens with one attached hydrogen (secondary N) is 1. The Hall–Kier alpha value is -1.83. The van der Waals surface area contributed by atoms with Gasteiger partial charge in [0.2, 0.25) is 10.0 Å². The van der Waals surface area contributed by atoms with Crippen LogP contribution in [0.4, 0.5) is 5.69 Å². The van der Waals surface area contributed by atoms with Crippen LogP contribution in [0.2, 0.25) is 0 Å². The average molecular weight is 405 g/mol. The molecule has 5 nitrogen and oxygen atoms in total. The summed E-state index contributed by atoms with van der Waals surface area (Å²) in [6.45, 7) is 1.08. The summed E-state index contributed by atoms with van der Waals surface area (Å²) in [6.07, 6.45) is 5.82. The Kier molecular flexibility index (Phi) is 6.57. The molecule has 2 aromatic carbocycles. The normalized spacial score (nSPS) is 15.9. The van der Waals surface area contributed by atoms with Crippen LogP contribution in [0.15, 0.2) is 58.3 Å². The quantitative estimate of drug-likeness (QED) is 0.758. The molecule has 0 bridgehead atoms. The summed E-state index contributed by atoms with van der Waals surface area (Å²) in [4.78, 5) is 13.8. The smallest absolute Gasteiger partial charge is 0.255 e. The molecule has 0 aromatic heterocycles. The minimum absolute atomic E-state index is 0.176. The van der Waals surface area contributed by atoms with Crippen LogP contribution in [0.1, 0.15) is 36.0 Å². The molecule has 1 aliphatic rings. The summed E-state index contributed by atoms with van der Waals surface area (Å²) in [5.41, 5.74) is 1.05. The van der Waals surface area contributed by atoms with Crippen molar-refractivity contribution in [3.63, 3.8) is 0 Å². The molecule has 1 N–H and O–H groups in total. The highest BCUT2D eigenvalue weighted by atomic mass is 32.2. The first kappa shape index (κ1) is 19.9. The maximum atomic E-state index is 13.0. The molecule has 27 heavy (non-hydrogen) atoms. The van der Waals surface area contributed by atoms with E-state index in [9.17, 15) is 13.2 Å². The van der Waals surface area contributed by atoms with Gasteiger partial charge in [-0.25, -0.2) is 8.42 Å². The van der Waals surface area contributed by atoms with Crippen LogP contribution in [0.3, 0.4) is 0 Å². The lowest BCUT2D eigenvalue weighted by atomic mass is 10.2. The van der Waals surface area contributed by atoms with Crippen LogP contribution in [-0.2, 0) is 10.0 Å². The summed E-state index contributed by atoms with van der Waals surface area (Å²) >= 11 is 1.54. The Morgan fingerprint density at radius 2 is 1.70 bits per heavy atom. The molecule has 0 radical (unpaired) electrons. The zero-order valence-corrected chi connectivity index (χ0v) is 17.0. The Bertz CT molecular complexity index is 905. The Balaban J connectivity index is 1.83. The molecule has 0 spiro atoms. The molecule has 1 heterocycles. The summed E-state index contributed by atoms with van der Waals surface area (Å²) in [7, 11) is -3.58. The second-order valence-electron chi connectivity index (χ2n) is 6.50. The van der Waals surface area contributed by atoms with Gasteiger partial charge in [-0.3, -0.25) is 4.79 Å². The van der Waals surface area contributed by atoms with Gasteiger partial charge in [0.05, 0.1) is 10.6 Å². The van der Waals surface area contributed by atoms with E-state index in [-0.39, 0.29) is 10.8 Å². The van der Waals surface area contributed by atoms with E-state index in [1.807, 2.05) is 30.5 Å². The standard InChI is InChI=1S/C20H24N2O3S2/c1-26-19-12-5-4-11-18(19)21-20(23)16-9-8-10-17(15-16)27(24,25)22-13-6-2-3-7-14-22/h4-5,8-12,15H,2-3,6-7,13-14H2,1H3,(H,21,23). The van der Waals surface area contributed by atoms with Gasteiger partial charge in [-0.2, -0.15) is 4.31 Å². The minimum Gasteiger partial charge on any atom is -0.321 e. The molecule has 144 valence electrons. The number of carbonyl (C=O) groups excluding carboxylic acids is 1. The van der Waals surface area contributed by atoms with Crippen molar-refractivity contribution < 1.29 is 13.2 Å². The van der Waals surface area contributed by atoms with Crippen molar-refractivity contribution in [2.24, 2.45) is 0 Å². The first-order valence-corrected chi connectivity index (χ1v) is 11.7. The van der Waals surface area contributed by atoms with E-state index in [4.69, 9.17) is 0 Å². The molecule has 0 atom stereocenters. The van der Waals surface area contributed by atoms with Crippen LogP contribution < -0.4 is 5.32 Å². The molecular weight excluding hydrogens is 380 g/mol. The van der Waals surface area contributed by atoms with Crippen molar-refractivity contribution in [3.05, 3.63) is 54.1 Å². The number of para-hydroxylation sites is 1. The number of carbonyl (C=O) groups is 1. The van der Waals surface area contributed by atoms with Gasteiger partial charge in [0.15, 0.2) is 0 Å². The lowest BCUT2D eigenvalue weighted by Crippen LogP contribution is -2.32. The number of rotatable bonds is 5. The van der Waals surface area contributed by atoms with Crippen molar-refractivity contribution in [2.75, 3.05) is 24.7 Å². The fourth-order valence-corrected chi connectivity index (χ4v) is 5.29. The molecule has 1 amide bonds. The molecular formula is C20H24N2O3S2. The Labute approximate surface area is 165 Å². The number of hydrogen-bond donors (Lipinski definition) is 1. The first-order valence-electron chi connectivity index (χ1n) is 9.07. The van der Waals surface area contributed by atoms with Crippen molar-refractivity contribution >= 4 is 33.4 Å². The van der Waals surface area contributed by atoms with E-state index in [0.717, 1.165) is 36.3 Å². The molecule has 1 saturated heterocycles. The zero-order valence-electron chi connectivity index (χ0n) is 15.3. The second-order valence-corrected chi connectivity index (χ2v) is 9.29. The van der Waals surface area contributed by atoms with Gasteiger partial charge in [0, 0.05) is 23.5 Å². The third-order valence-corrected chi connectivity index (χ3v) is 7.34. The zero-order chi connectivity index (χ0) is 19.3. The monoisotopic (exact) mass is 404 g/mol. The largest absolute Gasteiger partial charge is 0.321 e. The van der Waals surface area contributed by atoms with Crippen molar-refractivity contribution in [1.82, 2.24) is 4.31 Å². The number of anilines is 1. The fraction of sp³-hybridized carbons (Fsp3) is 0.350. The van der Waals surface area contributed by atoms with Crippen LogP contribution in [-0.4, -0.2) is 38.0 Å². The predicted molar refractivity (Wildman–Crippen MR) is 110 cm³/mol. The number of hydrogen-bond acceptors (Lipinski definition) is 4. The van der Waals surface area contributed by atoms with Gasteiger partial charge in [0.1, 0.15) is 0 Å². The van der Waals surface area contributed by atoms with Gasteiger partial charge in [-0.1, -0.05) is 31.0 Å². The highest BCUT2D eigenvalue weighted by Crippen LogP contribution is 2.26. The molecule has 3 rings (SSSR count). The summed E-state index contributed by atoms with van der Waals surface area (Å²) in [6, 6.07) is 13.8. The maximum Gasteiger partial charge on any atom is 0.255 e. The van der Waals surface area contributed by atoms with E-state index in [1.54, 1.807) is 34.3 Å². The summed E-state index contributed by atoms with van der Waals surface area (Å²) in [5, 5.41) is 2.88. The van der Waals surface area contributed by atoms with Gasteiger partial charge < -0.3 is 5.32 Å². The average Bonchev–Trinajstić information content (AvgIpc) is 2.98. The Morgan fingerprint density at radius 1 is 1.00 bits per heavy atom. The van der Waals surface area contributed by atoms with Crippen LogP contribution >= 0.6 is 11.8 Å². The van der Waals surface area contributed by atoms with Crippen molar-refractivity contribution in [3.8, 4) is 0 Å². The molecule has 0 unspecified atom stereocenters. The number of thioether (sulfide) groups is 1. The fourth-order valence-electron chi connectivity index (χ4n) is 3.17. The molecule has 0 saturated carbocycles.